The molecule has 2 rings (SSSR count). The summed E-state index contributed by atoms with van der Waals surface area (Å²) < 4.78 is 39.4. The zero-order valence-electron chi connectivity index (χ0n) is 9.05. The van der Waals surface area contributed by atoms with Crippen molar-refractivity contribution in [1.29, 1.82) is 0 Å². The Morgan fingerprint density at radius 2 is 2.06 bits per heavy atom. The summed E-state index contributed by atoms with van der Waals surface area (Å²) in [7, 11) is 1.06. The molecule has 1 aliphatic rings. The first kappa shape index (κ1) is 13.4. The molecule has 1 atom stereocenters. The number of benzene rings is 1. The third-order valence-corrected chi connectivity index (χ3v) is 3.40. The Bertz CT molecular complexity index is 522. The summed E-state index contributed by atoms with van der Waals surface area (Å²) >= 11 is 10.5. The predicted octanol–water partition coefficient (Wildman–Crippen LogP) is 2.69. The molecule has 0 bridgehead atoms. The second-order valence-corrected chi connectivity index (χ2v) is 4.67. The number of anilines is 1. The van der Waals surface area contributed by atoms with Crippen molar-refractivity contribution < 1.29 is 18.3 Å². The smallest absolute Gasteiger partial charge is 0.360 e. The van der Waals surface area contributed by atoms with Crippen LogP contribution in [0, 0.1) is 0 Å². The molecule has 1 unspecified atom stereocenters. The molecule has 0 aromatic heterocycles. The van der Waals surface area contributed by atoms with Gasteiger partial charge in [0, 0.05) is 23.3 Å². The monoisotopic (exact) mass is 296 g/mol. The highest BCUT2D eigenvalue weighted by atomic mass is 35.5. The minimum atomic E-state index is -4.91. The number of alkyl halides is 3. The minimum Gasteiger partial charge on any atom is -0.360 e. The second-order valence-electron chi connectivity index (χ2n) is 3.85. The molecule has 8 heteroatoms. The number of thiocarbonyl (C=S) groups is 1. The van der Waals surface area contributed by atoms with Crippen molar-refractivity contribution in [2.45, 2.75) is 11.9 Å². The van der Waals surface area contributed by atoms with Gasteiger partial charge in [0.15, 0.2) is 5.11 Å². The first-order chi connectivity index (χ1) is 8.18. The Morgan fingerprint density at radius 3 is 2.61 bits per heavy atom. The SMILES string of the molecule is CN1C(=S)Nc2ccc(Cl)cc2C1(O)C(F)(F)F. The molecule has 0 saturated carbocycles. The average molecular weight is 297 g/mol. The van der Waals surface area contributed by atoms with E-state index in [1.165, 1.54) is 12.1 Å². The van der Waals surface area contributed by atoms with Crippen molar-refractivity contribution in [1.82, 2.24) is 4.90 Å². The molecule has 0 saturated heterocycles. The van der Waals surface area contributed by atoms with Gasteiger partial charge in [-0.1, -0.05) is 11.6 Å². The summed E-state index contributed by atoms with van der Waals surface area (Å²) in [5.74, 6) is 0. The van der Waals surface area contributed by atoms with E-state index in [1.807, 2.05) is 0 Å². The van der Waals surface area contributed by atoms with E-state index < -0.39 is 11.9 Å². The zero-order chi connectivity index (χ0) is 13.7. The largest absolute Gasteiger partial charge is 0.441 e. The van der Waals surface area contributed by atoms with Gasteiger partial charge >= 0.3 is 6.18 Å². The molecular weight excluding hydrogens is 289 g/mol. The maximum Gasteiger partial charge on any atom is 0.441 e. The van der Waals surface area contributed by atoms with Crippen LogP contribution in [0.5, 0.6) is 0 Å². The molecule has 1 aliphatic heterocycles. The van der Waals surface area contributed by atoms with Crippen LogP contribution >= 0.6 is 23.8 Å². The van der Waals surface area contributed by atoms with E-state index in [0.717, 1.165) is 13.1 Å². The van der Waals surface area contributed by atoms with Crippen molar-refractivity contribution in [2.75, 3.05) is 12.4 Å². The number of nitrogens with zero attached hydrogens (tertiary/aromatic N) is 1. The van der Waals surface area contributed by atoms with E-state index in [4.69, 9.17) is 23.8 Å². The van der Waals surface area contributed by atoms with Crippen LogP contribution in [0.2, 0.25) is 5.02 Å². The summed E-state index contributed by atoms with van der Waals surface area (Å²) in [5.41, 5.74) is -3.48. The Hall–Kier alpha value is -1.05. The van der Waals surface area contributed by atoms with Gasteiger partial charge in [-0.25, -0.2) is 0 Å². The van der Waals surface area contributed by atoms with Gasteiger partial charge in [0.2, 0.25) is 0 Å². The van der Waals surface area contributed by atoms with Gasteiger partial charge in [-0.05, 0) is 30.4 Å². The van der Waals surface area contributed by atoms with Crippen LogP contribution in [-0.2, 0) is 5.72 Å². The lowest BCUT2D eigenvalue weighted by molar-refractivity contribution is -0.307. The lowest BCUT2D eigenvalue weighted by atomic mass is 9.96. The molecule has 98 valence electrons. The Labute approximate surface area is 111 Å². The molecule has 3 nitrogen and oxygen atoms in total. The van der Waals surface area contributed by atoms with Gasteiger partial charge in [0.1, 0.15) is 0 Å². The number of hydrogen-bond acceptors (Lipinski definition) is 2. The molecule has 1 aromatic rings. The summed E-state index contributed by atoms with van der Waals surface area (Å²) in [6.07, 6.45) is -4.91. The summed E-state index contributed by atoms with van der Waals surface area (Å²) in [6.45, 7) is 0. The van der Waals surface area contributed by atoms with Crippen LogP contribution in [0.4, 0.5) is 18.9 Å². The van der Waals surface area contributed by atoms with Crippen molar-refractivity contribution in [3.05, 3.63) is 28.8 Å². The van der Waals surface area contributed by atoms with Crippen LogP contribution in [0.25, 0.3) is 0 Å². The Kier molecular flexibility index (Phi) is 2.95. The molecule has 1 aromatic carbocycles. The number of nitrogens with one attached hydrogen (secondary N) is 1. The van der Waals surface area contributed by atoms with Gasteiger partial charge in [-0.15, -0.1) is 0 Å². The molecule has 0 amide bonds. The van der Waals surface area contributed by atoms with Gasteiger partial charge in [-0.2, -0.15) is 13.2 Å². The molecule has 0 fully saturated rings. The van der Waals surface area contributed by atoms with Gasteiger partial charge < -0.3 is 15.3 Å². The Balaban J connectivity index is 2.73. The molecule has 2 N–H and O–H groups in total. The number of halogens is 4. The quantitative estimate of drug-likeness (QED) is 0.722. The third-order valence-electron chi connectivity index (χ3n) is 2.78. The molecule has 0 aliphatic carbocycles. The highest BCUT2D eigenvalue weighted by molar-refractivity contribution is 7.80. The normalized spacial score (nSPS) is 23.7. The Morgan fingerprint density at radius 1 is 1.44 bits per heavy atom. The van der Waals surface area contributed by atoms with E-state index in [9.17, 15) is 18.3 Å². The molecular formula is C10H8ClF3N2OS. The summed E-state index contributed by atoms with van der Waals surface area (Å²) in [5, 5.41) is 12.5. The van der Waals surface area contributed by atoms with Gasteiger partial charge in [-0.3, -0.25) is 0 Å². The van der Waals surface area contributed by atoms with Crippen LogP contribution in [-0.4, -0.2) is 28.3 Å². The highest BCUT2D eigenvalue weighted by Gasteiger charge is 2.61. The van der Waals surface area contributed by atoms with Crippen LogP contribution in [0.1, 0.15) is 5.56 Å². The maximum absolute atomic E-state index is 13.1. The first-order valence-corrected chi connectivity index (χ1v) is 5.60. The van der Waals surface area contributed by atoms with E-state index in [2.05, 4.69) is 5.32 Å². The van der Waals surface area contributed by atoms with E-state index in [-0.39, 0.29) is 21.4 Å². The van der Waals surface area contributed by atoms with Gasteiger partial charge in [0.25, 0.3) is 5.72 Å². The summed E-state index contributed by atoms with van der Waals surface area (Å²) in [4.78, 5) is 0.557. The lowest BCUT2D eigenvalue weighted by Gasteiger charge is -2.44. The fraction of sp³-hybridized carbons (Fsp3) is 0.300. The third kappa shape index (κ3) is 1.73. The summed E-state index contributed by atoms with van der Waals surface area (Å²) in [6, 6.07) is 3.82. The van der Waals surface area contributed by atoms with Crippen molar-refractivity contribution in [3.63, 3.8) is 0 Å². The first-order valence-electron chi connectivity index (χ1n) is 4.82. The fourth-order valence-electron chi connectivity index (χ4n) is 1.78. The maximum atomic E-state index is 13.1. The number of aliphatic hydroxyl groups is 1. The molecule has 0 spiro atoms. The number of hydrogen-bond donors (Lipinski definition) is 2. The fourth-order valence-corrected chi connectivity index (χ4v) is 2.20. The minimum absolute atomic E-state index is 0.0855. The number of rotatable bonds is 0. The number of fused-ring (bicyclic) bond motifs is 1. The van der Waals surface area contributed by atoms with Crippen molar-refractivity contribution in [3.8, 4) is 0 Å². The molecule has 18 heavy (non-hydrogen) atoms. The van der Waals surface area contributed by atoms with Crippen LogP contribution in [0.3, 0.4) is 0 Å². The predicted molar refractivity (Wildman–Crippen MR) is 65.4 cm³/mol. The van der Waals surface area contributed by atoms with Crippen LogP contribution < -0.4 is 5.32 Å². The van der Waals surface area contributed by atoms with E-state index in [0.29, 0.717) is 4.90 Å². The highest BCUT2D eigenvalue weighted by Crippen LogP contribution is 2.46. The molecule has 0 radical (unpaired) electrons. The lowest BCUT2D eigenvalue weighted by Crippen LogP contribution is -2.60. The second kappa shape index (κ2) is 3.97. The molecule has 1 heterocycles. The van der Waals surface area contributed by atoms with Crippen molar-refractivity contribution in [2.24, 2.45) is 0 Å². The average Bonchev–Trinajstić information content (AvgIpc) is 2.26. The van der Waals surface area contributed by atoms with E-state index >= 15 is 0 Å². The zero-order valence-corrected chi connectivity index (χ0v) is 10.6. The van der Waals surface area contributed by atoms with Crippen LogP contribution in [0.15, 0.2) is 18.2 Å². The topological polar surface area (TPSA) is 35.5 Å². The van der Waals surface area contributed by atoms with Crippen molar-refractivity contribution >= 4 is 34.6 Å². The van der Waals surface area contributed by atoms with Gasteiger partial charge in [0.05, 0.1) is 0 Å². The standard InChI is InChI=1S/C10H8ClF3N2OS/c1-16-8(18)15-7-3-2-5(11)4-6(7)9(16,17)10(12,13)14/h2-4,17H,1H3,(H,15,18). The van der Waals surface area contributed by atoms with E-state index in [1.54, 1.807) is 0 Å².